The molecule has 1 aliphatic carbocycles. The molecule has 15 nitrogen and oxygen atoms in total. The fourth-order valence-electron chi connectivity index (χ4n) is 7.35. The van der Waals surface area contributed by atoms with Gasteiger partial charge in [-0.15, -0.1) is 0 Å². The molecule has 0 saturated heterocycles. The van der Waals surface area contributed by atoms with Gasteiger partial charge in [-0.3, -0.25) is 29.4 Å². The highest BCUT2D eigenvalue weighted by molar-refractivity contribution is 5.99. The summed E-state index contributed by atoms with van der Waals surface area (Å²) in [6.45, 7) is 15.8. The Bertz CT molecular complexity index is 2270. The molecule has 3 aromatic carbocycles. The van der Waals surface area contributed by atoms with Crippen molar-refractivity contribution < 1.29 is 47.0 Å². The minimum absolute atomic E-state index is 0.0875. The Labute approximate surface area is 370 Å². The molecule has 18 heteroatoms. The first-order valence-electron chi connectivity index (χ1n) is 21.5. The van der Waals surface area contributed by atoms with Crippen LogP contribution in [0.4, 0.5) is 23.7 Å². The number of ether oxygens (including phenoxy) is 1. The maximum Gasteiger partial charge on any atom is 0.490 e. The number of aromatic nitrogens is 2. The second kappa shape index (κ2) is 23.0. The van der Waals surface area contributed by atoms with Crippen molar-refractivity contribution in [2.75, 3.05) is 38.0 Å². The number of halogens is 3. The number of aliphatic carboxylic acids is 1. The SMILES string of the molecule is CCN(CC)CCCNC(=O)c1ccc(-c2ccc(C[C@H](NC(=O)C3CCC(CNC(=O)OC(C)(C)C)CC3)C(=O)Nc3ccc4c(=O)[nH][nH]c4c3)cc2)c(C)c1.O=C(O)C(F)(F)F. The molecular formula is C46H60F3N7O8. The number of carbonyl (C=O) groups is 5. The molecule has 1 aliphatic rings. The monoisotopic (exact) mass is 895 g/mol. The minimum Gasteiger partial charge on any atom is -0.475 e. The summed E-state index contributed by atoms with van der Waals surface area (Å²) in [5, 5.41) is 24.8. The van der Waals surface area contributed by atoms with Crippen LogP contribution in [-0.2, 0) is 25.5 Å². The third kappa shape index (κ3) is 15.6. The lowest BCUT2D eigenvalue weighted by Gasteiger charge is -2.29. The van der Waals surface area contributed by atoms with Crippen LogP contribution in [0, 0.1) is 18.8 Å². The molecule has 0 unspecified atom stereocenters. The summed E-state index contributed by atoms with van der Waals surface area (Å²) in [7, 11) is 0. The lowest BCUT2D eigenvalue weighted by Crippen LogP contribution is -2.48. The molecule has 1 atom stereocenters. The van der Waals surface area contributed by atoms with Gasteiger partial charge in [-0.1, -0.05) is 44.2 Å². The van der Waals surface area contributed by atoms with Crippen molar-refractivity contribution in [1.82, 2.24) is 31.0 Å². The van der Waals surface area contributed by atoms with E-state index in [4.69, 9.17) is 14.6 Å². The maximum absolute atomic E-state index is 13.8. The van der Waals surface area contributed by atoms with Crippen LogP contribution in [0.15, 0.2) is 65.5 Å². The number of amides is 4. The van der Waals surface area contributed by atoms with E-state index in [-0.39, 0.29) is 41.5 Å². The van der Waals surface area contributed by atoms with E-state index in [1.807, 2.05) is 70.2 Å². The Kier molecular flexibility index (Phi) is 18.1. The number of nitrogens with one attached hydrogen (secondary N) is 6. The number of H-pyrrole nitrogens is 2. The summed E-state index contributed by atoms with van der Waals surface area (Å²) in [5.41, 5.74) is 4.64. The van der Waals surface area contributed by atoms with Crippen molar-refractivity contribution >= 4 is 46.4 Å². The Hall–Kier alpha value is -6.17. The number of benzene rings is 3. The molecular weight excluding hydrogens is 836 g/mol. The Morgan fingerprint density at radius 2 is 1.55 bits per heavy atom. The van der Waals surface area contributed by atoms with Gasteiger partial charge in [0.05, 0.1) is 10.9 Å². The Balaban J connectivity index is 0.00000118. The number of carbonyl (C=O) groups excluding carboxylic acids is 4. The van der Waals surface area contributed by atoms with Crippen molar-refractivity contribution in [2.45, 2.75) is 97.9 Å². The number of anilines is 1. The molecule has 64 heavy (non-hydrogen) atoms. The summed E-state index contributed by atoms with van der Waals surface area (Å²) in [5.74, 6) is -3.43. The molecule has 0 radical (unpaired) electrons. The molecule has 7 N–H and O–H groups in total. The van der Waals surface area contributed by atoms with E-state index in [1.54, 1.807) is 18.2 Å². The first-order valence-corrected chi connectivity index (χ1v) is 21.5. The van der Waals surface area contributed by atoms with Crippen molar-refractivity contribution in [2.24, 2.45) is 11.8 Å². The number of alkyl carbamates (subject to hydrolysis) is 1. The van der Waals surface area contributed by atoms with Crippen LogP contribution in [0.5, 0.6) is 0 Å². The first kappa shape index (κ1) is 50.5. The van der Waals surface area contributed by atoms with Gasteiger partial charge in [-0.2, -0.15) is 13.2 Å². The van der Waals surface area contributed by atoms with E-state index in [9.17, 15) is 37.1 Å². The number of carboxylic acid groups (broad SMARTS) is 1. The van der Waals surface area contributed by atoms with Crippen molar-refractivity contribution in [1.29, 1.82) is 0 Å². The molecule has 4 aromatic rings. The minimum atomic E-state index is -5.08. The van der Waals surface area contributed by atoms with E-state index in [1.165, 1.54) is 0 Å². The van der Waals surface area contributed by atoms with E-state index in [0.717, 1.165) is 61.2 Å². The van der Waals surface area contributed by atoms with Gasteiger partial charge in [0, 0.05) is 36.7 Å². The number of hydrogen-bond acceptors (Lipinski definition) is 8. The molecule has 1 saturated carbocycles. The van der Waals surface area contributed by atoms with Gasteiger partial charge < -0.3 is 36.0 Å². The molecule has 1 heterocycles. The smallest absolute Gasteiger partial charge is 0.475 e. The van der Waals surface area contributed by atoms with Crippen molar-refractivity contribution in [3.63, 3.8) is 0 Å². The largest absolute Gasteiger partial charge is 0.490 e. The van der Waals surface area contributed by atoms with Gasteiger partial charge in [-0.05, 0) is 138 Å². The summed E-state index contributed by atoms with van der Waals surface area (Å²) in [4.78, 5) is 75.8. The molecule has 1 fully saturated rings. The molecule has 0 spiro atoms. The highest BCUT2D eigenvalue weighted by Gasteiger charge is 2.38. The normalized spacial score (nSPS) is 15.7. The standard InChI is InChI=1S/C44H59N7O6.C2HF3O2/c1-7-51(8-2)23-9-22-45-39(52)33-18-20-35(28(3)24-33)31-14-10-29(11-15-31)25-38(42(55)47-34-19-21-36-37(26-34)49-50-41(36)54)48-40(53)32-16-12-30(13-17-32)27-46-43(56)57-44(4,5)6;3-2(4,5)1(6)7/h10-11,14-15,18-21,24,26,30,32,38H,7-9,12-13,16-17,22-23,25,27H2,1-6H3,(H,45,52)(H,46,56)(H,47,55)(H,48,53)(H2,49,50,54);(H,6,7)/t30?,32?,38-;/m0./s1. The number of carboxylic acids is 1. The molecule has 0 bridgehead atoms. The van der Waals surface area contributed by atoms with Gasteiger partial charge in [-0.25, -0.2) is 9.59 Å². The lowest BCUT2D eigenvalue weighted by molar-refractivity contribution is -0.192. The Morgan fingerprint density at radius 3 is 2.14 bits per heavy atom. The number of hydrogen-bond donors (Lipinski definition) is 7. The zero-order valence-electron chi connectivity index (χ0n) is 37.2. The van der Waals surface area contributed by atoms with Gasteiger partial charge >= 0.3 is 18.2 Å². The van der Waals surface area contributed by atoms with E-state index in [0.29, 0.717) is 48.1 Å². The Morgan fingerprint density at radius 1 is 0.891 bits per heavy atom. The highest BCUT2D eigenvalue weighted by atomic mass is 19.4. The van der Waals surface area contributed by atoms with E-state index in [2.05, 4.69) is 50.2 Å². The zero-order valence-corrected chi connectivity index (χ0v) is 37.2. The number of rotatable bonds is 16. The average Bonchev–Trinajstić information content (AvgIpc) is 3.61. The van der Waals surface area contributed by atoms with Gasteiger partial charge in [0.2, 0.25) is 11.8 Å². The summed E-state index contributed by atoms with van der Waals surface area (Å²) in [6, 6.07) is 17.7. The topological polar surface area (TPSA) is 215 Å². The van der Waals surface area contributed by atoms with Gasteiger partial charge in [0.1, 0.15) is 11.6 Å². The lowest BCUT2D eigenvalue weighted by atomic mass is 9.81. The average molecular weight is 896 g/mol. The number of nitrogens with zero attached hydrogens (tertiary/aromatic N) is 1. The summed E-state index contributed by atoms with van der Waals surface area (Å²) in [6.07, 6.45) is -1.57. The van der Waals surface area contributed by atoms with Crippen LogP contribution >= 0.6 is 0 Å². The van der Waals surface area contributed by atoms with Gasteiger partial charge in [0.15, 0.2) is 0 Å². The fourth-order valence-corrected chi connectivity index (χ4v) is 7.35. The van der Waals surface area contributed by atoms with E-state index < -0.39 is 29.9 Å². The van der Waals surface area contributed by atoms with Crippen molar-refractivity contribution in [3.05, 3.63) is 87.7 Å². The predicted molar refractivity (Wildman–Crippen MR) is 238 cm³/mol. The van der Waals surface area contributed by atoms with E-state index >= 15 is 0 Å². The zero-order chi connectivity index (χ0) is 47.2. The van der Waals surface area contributed by atoms with Crippen LogP contribution in [0.1, 0.15) is 88.2 Å². The third-order valence-electron chi connectivity index (χ3n) is 10.9. The van der Waals surface area contributed by atoms with Gasteiger partial charge in [0.25, 0.3) is 11.5 Å². The quantitative estimate of drug-likeness (QED) is 0.0581. The number of aromatic amines is 2. The van der Waals surface area contributed by atoms with Crippen molar-refractivity contribution in [3.8, 4) is 11.1 Å². The molecule has 348 valence electrons. The highest BCUT2D eigenvalue weighted by Crippen LogP contribution is 2.30. The molecule has 1 aromatic heterocycles. The third-order valence-corrected chi connectivity index (χ3v) is 10.9. The van der Waals surface area contributed by atoms with Crippen LogP contribution in [0.2, 0.25) is 0 Å². The van der Waals surface area contributed by atoms with Crippen LogP contribution < -0.4 is 26.8 Å². The number of alkyl halides is 3. The second-order valence-electron chi connectivity index (χ2n) is 16.9. The number of aryl methyl sites for hydroxylation is 1. The van der Waals surface area contributed by atoms with Crippen LogP contribution in [-0.4, -0.2) is 101 Å². The summed E-state index contributed by atoms with van der Waals surface area (Å²) >= 11 is 0. The number of fused-ring (bicyclic) bond motifs is 1. The molecule has 5 rings (SSSR count). The van der Waals surface area contributed by atoms with Crippen LogP contribution in [0.25, 0.3) is 22.0 Å². The molecule has 4 amide bonds. The fraction of sp³-hybridized carbons (Fsp3) is 0.478. The maximum atomic E-state index is 13.8. The predicted octanol–water partition coefficient (Wildman–Crippen LogP) is 6.92. The summed E-state index contributed by atoms with van der Waals surface area (Å²) < 4.78 is 37.1. The molecule has 0 aliphatic heterocycles. The first-order chi connectivity index (χ1) is 30.2. The van der Waals surface area contributed by atoms with Crippen LogP contribution in [0.3, 0.4) is 0 Å². The second-order valence-corrected chi connectivity index (χ2v) is 16.9.